The summed E-state index contributed by atoms with van der Waals surface area (Å²) in [5, 5.41) is 17.2. The van der Waals surface area contributed by atoms with Crippen molar-refractivity contribution >= 4 is 21.4 Å². The molecule has 0 bridgehead atoms. The summed E-state index contributed by atoms with van der Waals surface area (Å²) in [6.07, 6.45) is 3.94. The molecule has 0 amide bonds. The zero-order chi connectivity index (χ0) is 14.1. The number of hydrogen-bond acceptors (Lipinski definition) is 5. The standard InChI is InChI=1S/C15H17N5S/c1-2-6-13-11(4-1)8-14(21-13)15(20-18-10-17-19-20)12-5-3-7-16-9-12/h1-2,4,6,8,10,12,15-16H,3,5,7,9H2/t12?,15-/m0/s1. The van der Waals surface area contributed by atoms with Crippen LogP contribution in [-0.4, -0.2) is 33.3 Å². The van der Waals surface area contributed by atoms with E-state index in [4.69, 9.17) is 0 Å². The van der Waals surface area contributed by atoms with Crippen molar-refractivity contribution in [3.63, 3.8) is 0 Å². The molecule has 108 valence electrons. The second kappa shape index (κ2) is 5.54. The first-order chi connectivity index (χ1) is 10.4. The fraction of sp³-hybridized carbons (Fsp3) is 0.400. The molecular weight excluding hydrogens is 282 g/mol. The molecule has 1 saturated heterocycles. The Kier molecular flexibility index (Phi) is 3.40. The highest BCUT2D eigenvalue weighted by molar-refractivity contribution is 7.19. The van der Waals surface area contributed by atoms with Gasteiger partial charge in [-0.2, -0.15) is 4.80 Å². The third-order valence-electron chi connectivity index (χ3n) is 4.13. The zero-order valence-electron chi connectivity index (χ0n) is 11.6. The number of piperidine rings is 1. The monoisotopic (exact) mass is 299 g/mol. The minimum Gasteiger partial charge on any atom is -0.316 e. The Hall–Kier alpha value is -1.79. The Morgan fingerprint density at radius 2 is 2.29 bits per heavy atom. The first kappa shape index (κ1) is 12.9. The molecule has 4 rings (SSSR count). The van der Waals surface area contributed by atoms with Crippen LogP contribution in [0.1, 0.15) is 23.8 Å². The van der Waals surface area contributed by atoms with E-state index in [2.05, 4.69) is 51.1 Å². The number of fused-ring (bicyclic) bond motifs is 1. The lowest BCUT2D eigenvalue weighted by atomic mass is 9.91. The van der Waals surface area contributed by atoms with E-state index in [1.165, 1.54) is 34.1 Å². The van der Waals surface area contributed by atoms with E-state index >= 15 is 0 Å². The minimum atomic E-state index is 0.178. The second-order valence-corrected chi connectivity index (χ2v) is 6.61. The van der Waals surface area contributed by atoms with Crippen LogP contribution in [0, 0.1) is 5.92 Å². The summed E-state index contributed by atoms with van der Waals surface area (Å²) in [6.45, 7) is 2.13. The lowest BCUT2D eigenvalue weighted by molar-refractivity contribution is 0.264. The molecule has 1 fully saturated rings. The summed E-state index contributed by atoms with van der Waals surface area (Å²) in [6, 6.07) is 11.0. The van der Waals surface area contributed by atoms with Crippen LogP contribution >= 0.6 is 11.3 Å². The maximum absolute atomic E-state index is 4.31. The number of nitrogens with one attached hydrogen (secondary N) is 1. The van der Waals surface area contributed by atoms with Crippen LogP contribution in [0.3, 0.4) is 0 Å². The average molecular weight is 299 g/mol. The van der Waals surface area contributed by atoms with Gasteiger partial charge in [-0.15, -0.1) is 21.5 Å². The van der Waals surface area contributed by atoms with Gasteiger partial charge in [-0.1, -0.05) is 18.2 Å². The number of tetrazole rings is 1. The number of nitrogens with zero attached hydrogens (tertiary/aromatic N) is 4. The summed E-state index contributed by atoms with van der Waals surface area (Å²) < 4.78 is 1.32. The van der Waals surface area contributed by atoms with E-state index in [9.17, 15) is 0 Å². The number of hydrogen-bond donors (Lipinski definition) is 1. The first-order valence-corrected chi connectivity index (χ1v) is 8.15. The largest absolute Gasteiger partial charge is 0.316 e. The molecule has 5 nitrogen and oxygen atoms in total. The van der Waals surface area contributed by atoms with Crippen molar-refractivity contribution in [2.75, 3.05) is 13.1 Å². The van der Waals surface area contributed by atoms with Gasteiger partial charge in [-0.25, -0.2) is 0 Å². The molecule has 0 aliphatic carbocycles. The fourth-order valence-corrected chi connectivity index (χ4v) is 4.37. The number of aromatic nitrogens is 4. The molecule has 3 heterocycles. The number of benzene rings is 1. The van der Waals surface area contributed by atoms with Crippen LogP contribution in [0.25, 0.3) is 10.1 Å². The Labute approximate surface area is 127 Å². The van der Waals surface area contributed by atoms with Crippen molar-refractivity contribution in [3.05, 3.63) is 41.5 Å². The van der Waals surface area contributed by atoms with Gasteiger partial charge >= 0.3 is 0 Å². The maximum Gasteiger partial charge on any atom is 0.162 e. The molecular formula is C15H17N5S. The van der Waals surface area contributed by atoms with Crippen molar-refractivity contribution in [2.45, 2.75) is 18.9 Å². The molecule has 1 aliphatic heterocycles. The molecule has 1 aromatic carbocycles. The molecule has 1 unspecified atom stereocenters. The van der Waals surface area contributed by atoms with Gasteiger partial charge < -0.3 is 5.32 Å². The second-order valence-electron chi connectivity index (χ2n) is 5.49. The fourth-order valence-electron chi connectivity index (χ4n) is 3.13. The van der Waals surface area contributed by atoms with Crippen LogP contribution in [-0.2, 0) is 0 Å². The molecule has 2 atom stereocenters. The summed E-state index contributed by atoms with van der Waals surface area (Å²) >= 11 is 1.84. The van der Waals surface area contributed by atoms with Crippen LogP contribution < -0.4 is 5.32 Å². The predicted octanol–water partition coefficient (Wildman–Crippen LogP) is 2.48. The molecule has 3 aromatic rings. The van der Waals surface area contributed by atoms with E-state index < -0.39 is 0 Å². The van der Waals surface area contributed by atoms with E-state index in [-0.39, 0.29) is 6.04 Å². The van der Waals surface area contributed by atoms with Crippen LogP contribution in [0.5, 0.6) is 0 Å². The molecule has 1 N–H and O–H groups in total. The Balaban J connectivity index is 1.77. The van der Waals surface area contributed by atoms with E-state index in [0.717, 1.165) is 13.1 Å². The summed E-state index contributed by atoms with van der Waals surface area (Å²) in [7, 11) is 0. The van der Waals surface area contributed by atoms with Gasteiger partial charge in [0, 0.05) is 22.0 Å². The van der Waals surface area contributed by atoms with Gasteiger partial charge in [0.2, 0.25) is 0 Å². The normalized spacial score (nSPS) is 20.7. The van der Waals surface area contributed by atoms with Crippen molar-refractivity contribution < 1.29 is 0 Å². The average Bonchev–Trinajstić information content (AvgIpc) is 3.18. The van der Waals surface area contributed by atoms with Gasteiger partial charge in [0.1, 0.15) is 6.04 Å². The molecule has 0 radical (unpaired) electrons. The summed E-state index contributed by atoms with van der Waals surface area (Å²) in [5.41, 5.74) is 0. The van der Waals surface area contributed by atoms with Gasteiger partial charge in [0.05, 0.1) is 0 Å². The highest BCUT2D eigenvalue weighted by Gasteiger charge is 2.29. The van der Waals surface area contributed by atoms with Gasteiger partial charge in [-0.05, 0) is 42.1 Å². The Morgan fingerprint density at radius 3 is 3.05 bits per heavy atom. The van der Waals surface area contributed by atoms with Gasteiger partial charge in [0.25, 0.3) is 0 Å². The van der Waals surface area contributed by atoms with Crippen molar-refractivity contribution in [3.8, 4) is 0 Å². The topological polar surface area (TPSA) is 55.6 Å². The highest BCUT2D eigenvalue weighted by Crippen LogP contribution is 2.37. The minimum absolute atomic E-state index is 0.178. The third-order valence-corrected chi connectivity index (χ3v) is 5.32. The summed E-state index contributed by atoms with van der Waals surface area (Å²) in [5.74, 6) is 0.515. The quantitative estimate of drug-likeness (QED) is 0.807. The van der Waals surface area contributed by atoms with Crippen molar-refractivity contribution in [1.82, 2.24) is 25.5 Å². The van der Waals surface area contributed by atoms with Crippen LogP contribution in [0.15, 0.2) is 36.7 Å². The molecule has 1 aliphatic rings. The van der Waals surface area contributed by atoms with E-state index in [0.29, 0.717) is 5.92 Å². The molecule has 21 heavy (non-hydrogen) atoms. The third kappa shape index (κ3) is 2.45. The van der Waals surface area contributed by atoms with E-state index in [1.54, 1.807) is 4.80 Å². The number of rotatable bonds is 3. The SMILES string of the molecule is c1ccc2sc([C@H](C3CCCNC3)n3ncnn3)cc2c1. The van der Waals surface area contributed by atoms with Gasteiger partial charge in [-0.3, -0.25) is 0 Å². The van der Waals surface area contributed by atoms with E-state index in [1.807, 2.05) is 11.3 Å². The Morgan fingerprint density at radius 1 is 1.33 bits per heavy atom. The van der Waals surface area contributed by atoms with Crippen LogP contribution in [0.4, 0.5) is 0 Å². The predicted molar refractivity (Wildman–Crippen MR) is 83.4 cm³/mol. The summed E-state index contributed by atoms with van der Waals surface area (Å²) in [4.78, 5) is 3.10. The van der Waals surface area contributed by atoms with Crippen molar-refractivity contribution in [1.29, 1.82) is 0 Å². The molecule has 6 heteroatoms. The first-order valence-electron chi connectivity index (χ1n) is 7.33. The Bertz CT molecular complexity index is 682. The highest BCUT2D eigenvalue weighted by atomic mass is 32.1. The smallest absolute Gasteiger partial charge is 0.162 e. The molecule has 2 aromatic heterocycles. The molecule has 0 saturated carbocycles. The lowest BCUT2D eigenvalue weighted by Gasteiger charge is -2.29. The van der Waals surface area contributed by atoms with Crippen molar-refractivity contribution in [2.24, 2.45) is 5.92 Å². The number of thiophene rings is 1. The maximum atomic E-state index is 4.31. The van der Waals surface area contributed by atoms with Gasteiger partial charge in [0.15, 0.2) is 6.33 Å². The van der Waals surface area contributed by atoms with Crippen LogP contribution in [0.2, 0.25) is 0 Å². The zero-order valence-corrected chi connectivity index (χ0v) is 12.5. The molecule has 0 spiro atoms. The lowest BCUT2D eigenvalue weighted by Crippen LogP contribution is -2.36.